The van der Waals surface area contributed by atoms with Crippen LogP contribution in [0.4, 0.5) is 0 Å². The van der Waals surface area contributed by atoms with E-state index in [2.05, 4.69) is 65.0 Å². The van der Waals surface area contributed by atoms with Crippen LogP contribution < -0.4 is 0 Å². The Hall–Kier alpha value is -0.781. The predicted octanol–water partition coefficient (Wildman–Crippen LogP) is 7.57. The standard InChI is InChI=1S/C17H29.C8H11.Fe/c1-5-9-14-13-15(10-6-2)17(12-8-4)16(14)11-7-3;1-2-5-8-6-3-4-7-8;/h13H,5-12H2,1-4H3;3-4,6-7H,2,5H2,1H3;/q2*-1;+2. The third kappa shape index (κ3) is 8.28. The SMILES string of the molecule is CCCc1c[c-](CCC)c(CCC)c1CCC.CCCc1ccc[cH-]1.[Fe+2]. The van der Waals surface area contributed by atoms with Crippen molar-refractivity contribution in [1.29, 1.82) is 0 Å². The van der Waals surface area contributed by atoms with Gasteiger partial charge in [0.1, 0.15) is 0 Å². The van der Waals surface area contributed by atoms with Gasteiger partial charge in [0.15, 0.2) is 0 Å². The topological polar surface area (TPSA) is 0 Å². The zero-order valence-electron chi connectivity index (χ0n) is 17.8. The fourth-order valence-corrected chi connectivity index (χ4v) is 3.75. The van der Waals surface area contributed by atoms with Crippen LogP contribution in [-0.2, 0) is 49.2 Å². The molecular weight excluding hydrogens is 356 g/mol. The van der Waals surface area contributed by atoms with Crippen LogP contribution in [0.15, 0.2) is 30.3 Å². The van der Waals surface area contributed by atoms with Crippen molar-refractivity contribution in [3.63, 3.8) is 0 Å². The van der Waals surface area contributed by atoms with Crippen LogP contribution in [0.25, 0.3) is 0 Å². The molecule has 0 aliphatic heterocycles. The van der Waals surface area contributed by atoms with E-state index in [0.29, 0.717) is 0 Å². The third-order valence-corrected chi connectivity index (χ3v) is 4.80. The summed E-state index contributed by atoms with van der Waals surface area (Å²) in [4.78, 5) is 0. The Morgan fingerprint density at radius 1 is 0.808 bits per heavy atom. The zero-order chi connectivity index (χ0) is 18.5. The van der Waals surface area contributed by atoms with Gasteiger partial charge in [0.05, 0.1) is 0 Å². The first-order valence-electron chi connectivity index (χ1n) is 10.7. The van der Waals surface area contributed by atoms with Gasteiger partial charge in [0.2, 0.25) is 0 Å². The molecule has 2 aromatic carbocycles. The molecule has 0 unspecified atom stereocenters. The molecule has 1 heteroatoms. The van der Waals surface area contributed by atoms with E-state index in [4.69, 9.17) is 0 Å². The first-order chi connectivity index (χ1) is 12.2. The van der Waals surface area contributed by atoms with Crippen molar-refractivity contribution in [3.05, 3.63) is 58.1 Å². The third-order valence-electron chi connectivity index (χ3n) is 4.80. The molecule has 148 valence electrons. The minimum Gasteiger partial charge on any atom is -0.213 e. The van der Waals surface area contributed by atoms with Gasteiger partial charge in [-0.3, -0.25) is 0 Å². The Labute approximate surface area is 174 Å². The van der Waals surface area contributed by atoms with Gasteiger partial charge in [-0.2, -0.15) is 46.0 Å². The second kappa shape index (κ2) is 15.3. The fraction of sp³-hybridized carbons (Fsp3) is 0.600. The molecule has 26 heavy (non-hydrogen) atoms. The Morgan fingerprint density at radius 2 is 1.46 bits per heavy atom. The molecule has 0 amide bonds. The van der Waals surface area contributed by atoms with Crippen LogP contribution in [-0.4, -0.2) is 0 Å². The van der Waals surface area contributed by atoms with E-state index in [1.807, 2.05) is 0 Å². The Morgan fingerprint density at radius 3 is 1.96 bits per heavy atom. The number of rotatable bonds is 10. The van der Waals surface area contributed by atoms with Gasteiger partial charge in [0.25, 0.3) is 0 Å². The number of hydrogen-bond donors (Lipinski definition) is 0. The van der Waals surface area contributed by atoms with Crippen LogP contribution in [0.5, 0.6) is 0 Å². The quantitative estimate of drug-likeness (QED) is 0.287. The average molecular weight is 396 g/mol. The predicted molar refractivity (Wildman–Crippen MR) is 114 cm³/mol. The van der Waals surface area contributed by atoms with E-state index in [-0.39, 0.29) is 17.1 Å². The molecule has 0 radical (unpaired) electrons. The molecule has 0 atom stereocenters. The molecule has 0 heterocycles. The van der Waals surface area contributed by atoms with Gasteiger partial charge in [-0.05, 0) is 0 Å². The summed E-state index contributed by atoms with van der Waals surface area (Å²) < 4.78 is 0. The average Bonchev–Trinajstić information content (AvgIpc) is 3.21. The summed E-state index contributed by atoms with van der Waals surface area (Å²) in [6.07, 6.45) is 12.7. The molecule has 0 bridgehead atoms. The van der Waals surface area contributed by atoms with E-state index >= 15 is 0 Å². The maximum Gasteiger partial charge on any atom is 2.00 e. The molecule has 0 spiro atoms. The molecule has 0 aliphatic carbocycles. The summed E-state index contributed by atoms with van der Waals surface area (Å²) in [7, 11) is 0. The first kappa shape index (κ1) is 25.2. The van der Waals surface area contributed by atoms with Crippen molar-refractivity contribution in [2.75, 3.05) is 0 Å². The first-order valence-corrected chi connectivity index (χ1v) is 10.7. The van der Waals surface area contributed by atoms with Gasteiger partial charge < -0.3 is 0 Å². The molecule has 0 aliphatic rings. The van der Waals surface area contributed by atoms with Crippen molar-refractivity contribution in [1.82, 2.24) is 0 Å². The summed E-state index contributed by atoms with van der Waals surface area (Å²) in [6.45, 7) is 11.4. The van der Waals surface area contributed by atoms with Crippen molar-refractivity contribution < 1.29 is 17.1 Å². The normalized spacial score (nSPS) is 10.2. The van der Waals surface area contributed by atoms with Crippen molar-refractivity contribution >= 4 is 0 Å². The summed E-state index contributed by atoms with van der Waals surface area (Å²) in [5.74, 6) is 0. The van der Waals surface area contributed by atoms with E-state index in [9.17, 15) is 0 Å². The van der Waals surface area contributed by atoms with Crippen LogP contribution in [0.3, 0.4) is 0 Å². The minimum absolute atomic E-state index is 0. The van der Waals surface area contributed by atoms with Crippen LogP contribution in [0, 0.1) is 0 Å². The second-order valence-corrected chi connectivity index (χ2v) is 7.20. The van der Waals surface area contributed by atoms with Crippen LogP contribution in [0.2, 0.25) is 0 Å². The zero-order valence-corrected chi connectivity index (χ0v) is 18.9. The number of hydrogen-bond acceptors (Lipinski definition) is 0. The molecule has 0 N–H and O–H groups in total. The summed E-state index contributed by atoms with van der Waals surface area (Å²) in [6, 6.07) is 11.0. The van der Waals surface area contributed by atoms with Gasteiger partial charge in [0, 0.05) is 0 Å². The van der Waals surface area contributed by atoms with Crippen molar-refractivity contribution in [2.24, 2.45) is 0 Å². The molecule has 0 aromatic heterocycles. The monoisotopic (exact) mass is 396 g/mol. The Bertz CT molecular complexity index is 514. The molecular formula is C25H40Fe. The maximum atomic E-state index is 2.52. The largest absolute Gasteiger partial charge is 2.00 e. The molecule has 0 saturated carbocycles. The van der Waals surface area contributed by atoms with Crippen molar-refractivity contribution in [3.8, 4) is 0 Å². The Balaban J connectivity index is 0.000000583. The van der Waals surface area contributed by atoms with Crippen LogP contribution in [0.1, 0.15) is 94.5 Å². The van der Waals surface area contributed by atoms with E-state index in [1.54, 1.807) is 22.3 Å². The Kier molecular flexibility index (Phi) is 14.8. The molecule has 2 rings (SSSR count). The molecule has 0 fully saturated rings. The smallest absolute Gasteiger partial charge is 0.213 e. The fourth-order valence-electron chi connectivity index (χ4n) is 3.75. The maximum absolute atomic E-state index is 2.52. The minimum atomic E-state index is 0. The molecule has 0 saturated heterocycles. The summed E-state index contributed by atoms with van der Waals surface area (Å²) in [5, 5.41) is 0. The van der Waals surface area contributed by atoms with Gasteiger partial charge in [-0.1, -0.05) is 98.8 Å². The summed E-state index contributed by atoms with van der Waals surface area (Å²) >= 11 is 0. The van der Waals surface area contributed by atoms with Crippen molar-refractivity contribution in [2.45, 2.75) is 98.8 Å². The second-order valence-electron chi connectivity index (χ2n) is 7.20. The number of aryl methyl sites for hydroxylation is 3. The van der Waals surface area contributed by atoms with E-state index in [0.717, 1.165) is 0 Å². The molecule has 2 aromatic rings. The van der Waals surface area contributed by atoms with Crippen LogP contribution >= 0.6 is 0 Å². The van der Waals surface area contributed by atoms with E-state index < -0.39 is 0 Å². The van der Waals surface area contributed by atoms with Gasteiger partial charge >= 0.3 is 17.1 Å². The summed E-state index contributed by atoms with van der Waals surface area (Å²) in [5.41, 5.74) is 8.19. The van der Waals surface area contributed by atoms with E-state index in [1.165, 1.54) is 69.8 Å². The van der Waals surface area contributed by atoms with Gasteiger partial charge in [-0.15, -0.1) is 0 Å². The van der Waals surface area contributed by atoms with Gasteiger partial charge in [-0.25, -0.2) is 12.1 Å². The molecule has 0 nitrogen and oxygen atoms in total.